The molecule has 0 spiro atoms. The Balaban J connectivity index is 1.87. The van der Waals surface area contributed by atoms with E-state index in [2.05, 4.69) is 27.0 Å². The van der Waals surface area contributed by atoms with E-state index in [0.717, 1.165) is 33.6 Å². The number of para-hydroxylation sites is 1. The van der Waals surface area contributed by atoms with Crippen LogP contribution >= 0.6 is 0 Å². The summed E-state index contributed by atoms with van der Waals surface area (Å²) >= 11 is 0. The number of aryl methyl sites for hydroxylation is 2. The highest BCUT2D eigenvalue weighted by molar-refractivity contribution is 5.69. The van der Waals surface area contributed by atoms with Crippen LogP contribution in [0.25, 0.3) is 0 Å². The lowest BCUT2D eigenvalue weighted by Gasteiger charge is -2.18. The van der Waals surface area contributed by atoms with Crippen molar-refractivity contribution in [2.75, 3.05) is 10.6 Å². The van der Waals surface area contributed by atoms with Crippen molar-refractivity contribution in [3.05, 3.63) is 64.8 Å². The van der Waals surface area contributed by atoms with E-state index >= 15 is 0 Å². The number of nitrogens with one attached hydrogen (secondary N) is 3. The third-order valence-electron chi connectivity index (χ3n) is 4.88. The Kier molecular flexibility index (Phi) is 8.47. The molecule has 34 heavy (non-hydrogen) atoms. The summed E-state index contributed by atoms with van der Waals surface area (Å²) in [4.78, 5) is 14.8. The molecule has 0 aliphatic rings. The van der Waals surface area contributed by atoms with Gasteiger partial charge in [0.1, 0.15) is 11.6 Å². The average molecular weight is 460 g/mol. The molecule has 0 saturated heterocycles. The highest BCUT2D eigenvalue weighted by Gasteiger charge is 2.13. The molecule has 0 amide bonds. The summed E-state index contributed by atoms with van der Waals surface area (Å²) < 4.78 is 6.00. The van der Waals surface area contributed by atoms with Crippen LogP contribution < -0.4 is 20.9 Å². The van der Waals surface area contributed by atoms with E-state index in [0.29, 0.717) is 24.1 Å². The number of rotatable bonds is 10. The predicted octanol–water partition coefficient (Wildman–Crippen LogP) is 5.78. The highest BCUT2D eigenvalue weighted by atomic mass is 16.6. The smallest absolute Gasteiger partial charge is 0.229 e. The summed E-state index contributed by atoms with van der Waals surface area (Å²) in [6.45, 7) is 12.4. The van der Waals surface area contributed by atoms with Gasteiger partial charge in [0, 0.05) is 34.6 Å². The van der Waals surface area contributed by atoms with Crippen LogP contribution in [0.2, 0.25) is 0 Å². The molecule has 0 fully saturated rings. The number of ether oxygens (including phenoxy) is 1. The lowest BCUT2D eigenvalue weighted by molar-refractivity contribution is 0.0117. The fourth-order valence-electron chi connectivity index (χ4n) is 3.22. The minimum Gasteiger partial charge on any atom is -0.489 e. The van der Waals surface area contributed by atoms with Gasteiger partial charge in [-0.2, -0.15) is 10.5 Å². The Morgan fingerprint density at radius 3 is 2.47 bits per heavy atom. The summed E-state index contributed by atoms with van der Waals surface area (Å²) in [6.07, 6.45) is 7.47. The van der Waals surface area contributed by atoms with Gasteiger partial charge >= 0.3 is 0 Å². The molecule has 1 aromatic heterocycles. The number of hydroxylamine groups is 1. The molecule has 0 saturated carbocycles. The van der Waals surface area contributed by atoms with Gasteiger partial charge < -0.3 is 15.4 Å². The van der Waals surface area contributed by atoms with Crippen LogP contribution in [-0.4, -0.2) is 22.1 Å². The van der Waals surface area contributed by atoms with Crippen molar-refractivity contribution >= 4 is 23.1 Å². The van der Waals surface area contributed by atoms with Crippen molar-refractivity contribution in [2.45, 2.75) is 60.3 Å². The Hall–Kier alpha value is -3.60. The molecule has 7 heteroatoms. The first-order chi connectivity index (χ1) is 16.3. The minimum atomic E-state index is 0.0108. The van der Waals surface area contributed by atoms with E-state index in [1.807, 2.05) is 77.9 Å². The van der Waals surface area contributed by atoms with Crippen LogP contribution in [-0.2, 0) is 11.4 Å². The number of nitrogens with zero attached hydrogens (tertiary/aromatic N) is 2. The standard InChI is InChI=1S/C27H33N5O2/c1-8-21-14-24(25(13-19(21)6)34-18(4)5)30-27-28-15-20(7)26(31-27)29-23-12-10-9-11-22(23)16-33-32-17(2)3/h1,9-15,17-18,32H,16H2,2-7H3,(H2,28,29,30,31). The van der Waals surface area contributed by atoms with E-state index in [9.17, 15) is 0 Å². The summed E-state index contributed by atoms with van der Waals surface area (Å²) in [5.41, 5.74) is 8.28. The maximum absolute atomic E-state index is 6.00. The first kappa shape index (κ1) is 25.0. The van der Waals surface area contributed by atoms with Crippen LogP contribution in [0.1, 0.15) is 49.9 Å². The molecule has 0 unspecified atom stereocenters. The third kappa shape index (κ3) is 6.70. The van der Waals surface area contributed by atoms with Crippen LogP contribution in [0.15, 0.2) is 42.6 Å². The maximum Gasteiger partial charge on any atom is 0.229 e. The summed E-state index contributed by atoms with van der Waals surface area (Å²) in [5.74, 6) is 4.54. The molecule has 3 aromatic rings. The second kappa shape index (κ2) is 11.5. The van der Waals surface area contributed by atoms with Crippen molar-refractivity contribution in [3.63, 3.8) is 0 Å². The van der Waals surface area contributed by atoms with Crippen molar-refractivity contribution in [1.29, 1.82) is 0 Å². The lowest BCUT2D eigenvalue weighted by atomic mass is 10.1. The molecule has 3 N–H and O–H groups in total. The van der Waals surface area contributed by atoms with Crippen molar-refractivity contribution in [3.8, 4) is 18.1 Å². The normalized spacial score (nSPS) is 10.9. The second-order valence-electron chi connectivity index (χ2n) is 8.67. The number of anilines is 4. The fraction of sp³-hybridized carbons (Fsp3) is 0.333. The molecule has 178 valence electrons. The molecule has 0 radical (unpaired) electrons. The van der Waals surface area contributed by atoms with Crippen LogP contribution in [0, 0.1) is 26.2 Å². The van der Waals surface area contributed by atoms with E-state index in [-0.39, 0.29) is 12.1 Å². The molecule has 7 nitrogen and oxygen atoms in total. The molecular formula is C27H33N5O2. The maximum atomic E-state index is 6.00. The third-order valence-corrected chi connectivity index (χ3v) is 4.88. The minimum absolute atomic E-state index is 0.0108. The number of hydrogen-bond donors (Lipinski definition) is 3. The Morgan fingerprint density at radius 1 is 1.00 bits per heavy atom. The zero-order valence-electron chi connectivity index (χ0n) is 20.7. The molecule has 2 aromatic carbocycles. The van der Waals surface area contributed by atoms with Gasteiger partial charge in [0.15, 0.2) is 0 Å². The zero-order valence-corrected chi connectivity index (χ0v) is 20.7. The van der Waals surface area contributed by atoms with Crippen LogP contribution in [0.4, 0.5) is 23.1 Å². The second-order valence-corrected chi connectivity index (χ2v) is 8.67. The summed E-state index contributed by atoms with van der Waals surface area (Å²) in [6, 6.07) is 12.0. The molecule has 0 aliphatic heterocycles. The molecule has 1 heterocycles. The van der Waals surface area contributed by atoms with Gasteiger partial charge in [-0.1, -0.05) is 24.1 Å². The Labute approximate surface area is 202 Å². The predicted molar refractivity (Wildman–Crippen MR) is 138 cm³/mol. The van der Waals surface area contributed by atoms with Crippen molar-refractivity contribution < 1.29 is 9.57 Å². The van der Waals surface area contributed by atoms with E-state index in [1.165, 1.54) is 0 Å². The van der Waals surface area contributed by atoms with Gasteiger partial charge in [-0.05, 0) is 65.3 Å². The average Bonchev–Trinajstić information content (AvgIpc) is 2.78. The zero-order chi connectivity index (χ0) is 24.7. The van der Waals surface area contributed by atoms with Crippen molar-refractivity contribution in [2.24, 2.45) is 0 Å². The topological polar surface area (TPSA) is 80.3 Å². The van der Waals surface area contributed by atoms with Gasteiger partial charge in [-0.3, -0.25) is 4.84 Å². The summed E-state index contributed by atoms with van der Waals surface area (Å²) in [5, 5.41) is 6.70. The highest BCUT2D eigenvalue weighted by Crippen LogP contribution is 2.32. The molecule has 3 rings (SSSR count). The van der Waals surface area contributed by atoms with Gasteiger partial charge in [-0.15, -0.1) is 6.42 Å². The van der Waals surface area contributed by atoms with E-state index < -0.39 is 0 Å². The number of hydrogen-bond acceptors (Lipinski definition) is 7. The number of benzene rings is 2. The van der Waals surface area contributed by atoms with Crippen molar-refractivity contribution in [1.82, 2.24) is 15.4 Å². The Bertz CT molecular complexity index is 1170. The fourth-order valence-corrected chi connectivity index (χ4v) is 3.22. The van der Waals surface area contributed by atoms with Gasteiger partial charge in [0.25, 0.3) is 0 Å². The first-order valence-corrected chi connectivity index (χ1v) is 11.4. The summed E-state index contributed by atoms with van der Waals surface area (Å²) in [7, 11) is 0. The van der Waals surface area contributed by atoms with Crippen LogP contribution in [0.3, 0.4) is 0 Å². The molecule has 0 atom stereocenters. The number of terminal acetylenes is 1. The molecule has 0 aliphatic carbocycles. The molecule has 0 bridgehead atoms. The quantitative estimate of drug-likeness (QED) is 0.262. The van der Waals surface area contributed by atoms with Crippen LogP contribution in [0.5, 0.6) is 5.75 Å². The number of aromatic nitrogens is 2. The van der Waals surface area contributed by atoms with Gasteiger partial charge in [0.05, 0.1) is 18.4 Å². The monoisotopic (exact) mass is 459 g/mol. The van der Waals surface area contributed by atoms with Gasteiger partial charge in [0.2, 0.25) is 5.95 Å². The van der Waals surface area contributed by atoms with E-state index in [1.54, 1.807) is 6.20 Å². The van der Waals surface area contributed by atoms with Gasteiger partial charge in [-0.25, -0.2) is 4.98 Å². The SMILES string of the molecule is C#Cc1cc(Nc2ncc(C)c(Nc3ccccc3CONC(C)C)n2)c(OC(C)C)cc1C. The lowest BCUT2D eigenvalue weighted by Crippen LogP contribution is -2.22. The Morgan fingerprint density at radius 2 is 1.76 bits per heavy atom. The first-order valence-electron chi connectivity index (χ1n) is 11.4. The largest absolute Gasteiger partial charge is 0.489 e. The van der Waals surface area contributed by atoms with E-state index in [4.69, 9.17) is 21.0 Å². The molecular weight excluding hydrogens is 426 g/mol.